The van der Waals surface area contributed by atoms with E-state index in [2.05, 4.69) is 24.3 Å². The van der Waals surface area contributed by atoms with Gasteiger partial charge < -0.3 is 14.6 Å². The Bertz CT molecular complexity index is 891. The number of methoxy groups -OCH3 is 1. The van der Waals surface area contributed by atoms with E-state index in [4.69, 9.17) is 4.74 Å². The molecule has 0 unspecified atom stereocenters. The maximum absolute atomic E-state index is 12.7. The van der Waals surface area contributed by atoms with Gasteiger partial charge >= 0.3 is 0 Å². The average Bonchev–Trinajstić information content (AvgIpc) is 3.26. The van der Waals surface area contributed by atoms with Crippen molar-refractivity contribution in [1.82, 2.24) is 19.7 Å². The highest BCUT2D eigenvalue weighted by molar-refractivity contribution is 5.94. The fraction of sp³-hybridized carbons (Fsp3) is 0.300. The van der Waals surface area contributed by atoms with Gasteiger partial charge in [-0.15, -0.1) is 0 Å². The quantitative estimate of drug-likeness (QED) is 0.741. The Morgan fingerprint density at radius 2 is 1.96 bits per heavy atom. The highest BCUT2D eigenvalue weighted by atomic mass is 16.5. The first-order valence-corrected chi connectivity index (χ1v) is 8.64. The predicted octanol–water partition coefficient (Wildman–Crippen LogP) is 3.27. The summed E-state index contributed by atoms with van der Waals surface area (Å²) >= 11 is 0. The maximum atomic E-state index is 12.7. The van der Waals surface area contributed by atoms with E-state index in [0.29, 0.717) is 18.2 Å². The highest BCUT2D eigenvalue weighted by Crippen LogP contribution is 2.23. The van der Waals surface area contributed by atoms with Crippen LogP contribution in [0.25, 0.3) is 17.1 Å². The number of rotatable bonds is 6. The number of benzene rings is 1. The number of hydrogen-bond acceptors (Lipinski definition) is 3. The minimum Gasteiger partial charge on any atom is -0.497 e. The molecule has 0 saturated carbocycles. The molecule has 1 aromatic carbocycles. The zero-order valence-electron chi connectivity index (χ0n) is 15.6. The smallest absolute Gasteiger partial charge is 0.270 e. The molecular weight excluding hydrogens is 328 g/mol. The van der Waals surface area contributed by atoms with Gasteiger partial charge in [0.2, 0.25) is 0 Å². The summed E-state index contributed by atoms with van der Waals surface area (Å²) in [5, 5.41) is 7.65. The third-order valence-electron chi connectivity index (χ3n) is 4.14. The van der Waals surface area contributed by atoms with Crippen molar-refractivity contribution in [3.63, 3.8) is 0 Å². The monoisotopic (exact) mass is 352 g/mol. The molecule has 26 heavy (non-hydrogen) atoms. The second kappa shape index (κ2) is 7.47. The lowest BCUT2D eigenvalue weighted by Gasteiger charge is -2.10. The van der Waals surface area contributed by atoms with Crippen LogP contribution in [0.2, 0.25) is 0 Å². The van der Waals surface area contributed by atoms with Gasteiger partial charge in [0.15, 0.2) is 0 Å². The van der Waals surface area contributed by atoms with Crippen LogP contribution in [0.15, 0.2) is 48.7 Å². The van der Waals surface area contributed by atoms with Gasteiger partial charge in [-0.05, 0) is 48.4 Å². The first kappa shape index (κ1) is 17.8. The zero-order chi connectivity index (χ0) is 18.7. The van der Waals surface area contributed by atoms with E-state index in [1.807, 2.05) is 60.3 Å². The Hall–Kier alpha value is -3.02. The number of ether oxygens (including phenoxy) is 1. The highest BCUT2D eigenvalue weighted by Gasteiger charge is 2.18. The van der Waals surface area contributed by atoms with Crippen molar-refractivity contribution in [1.29, 1.82) is 0 Å². The van der Waals surface area contributed by atoms with Crippen molar-refractivity contribution in [2.24, 2.45) is 13.0 Å². The molecule has 0 aliphatic carbocycles. The van der Waals surface area contributed by atoms with Crippen molar-refractivity contribution in [2.75, 3.05) is 13.7 Å². The van der Waals surface area contributed by atoms with Crippen LogP contribution < -0.4 is 10.1 Å². The van der Waals surface area contributed by atoms with Gasteiger partial charge in [0.1, 0.15) is 17.1 Å². The number of carbonyl (C=O) groups excluding carboxylic acids is 1. The second-order valence-electron chi connectivity index (χ2n) is 6.63. The Kier molecular flexibility index (Phi) is 5.11. The topological polar surface area (TPSA) is 61.1 Å². The SMILES string of the molecule is COc1ccc(-n2nc(-c3cccn3C)cc2C(=O)NCC(C)C)cc1. The van der Waals surface area contributed by atoms with Gasteiger partial charge in [0.05, 0.1) is 18.5 Å². The summed E-state index contributed by atoms with van der Waals surface area (Å²) in [5.74, 6) is 1.00. The molecule has 1 amide bonds. The van der Waals surface area contributed by atoms with Gasteiger partial charge in [-0.1, -0.05) is 13.8 Å². The van der Waals surface area contributed by atoms with Crippen LogP contribution >= 0.6 is 0 Å². The number of nitrogens with zero attached hydrogens (tertiary/aromatic N) is 3. The Labute approximate surface area is 153 Å². The summed E-state index contributed by atoms with van der Waals surface area (Å²) in [6, 6.07) is 13.3. The van der Waals surface area contributed by atoms with Crippen molar-refractivity contribution >= 4 is 5.91 Å². The molecule has 0 aliphatic rings. The summed E-state index contributed by atoms with van der Waals surface area (Å²) < 4.78 is 8.88. The molecule has 0 radical (unpaired) electrons. The van der Waals surface area contributed by atoms with E-state index in [9.17, 15) is 4.79 Å². The van der Waals surface area contributed by atoms with E-state index in [1.165, 1.54) is 0 Å². The van der Waals surface area contributed by atoms with Crippen molar-refractivity contribution in [2.45, 2.75) is 13.8 Å². The molecule has 0 atom stereocenters. The largest absolute Gasteiger partial charge is 0.497 e. The van der Waals surface area contributed by atoms with Crippen LogP contribution in [0.1, 0.15) is 24.3 Å². The van der Waals surface area contributed by atoms with E-state index >= 15 is 0 Å². The molecule has 0 fully saturated rings. The van der Waals surface area contributed by atoms with E-state index in [0.717, 1.165) is 22.8 Å². The van der Waals surface area contributed by atoms with Gasteiger partial charge in [0, 0.05) is 19.8 Å². The van der Waals surface area contributed by atoms with Crippen LogP contribution in [-0.2, 0) is 7.05 Å². The lowest BCUT2D eigenvalue weighted by atomic mass is 10.2. The summed E-state index contributed by atoms with van der Waals surface area (Å²) in [4.78, 5) is 12.7. The molecule has 6 heteroatoms. The van der Waals surface area contributed by atoms with Crippen LogP contribution in [-0.4, -0.2) is 33.9 Å². The lowest BCUT2D eigenvalue weighted by Crippen LogP contribution is -2.29. The van der Waals surface area contributed by atoms with Crippen molar-refractivity contribution in [3.05, 3.63) is 54.4 Å². The standard InChI is InChI=1S/C20H24N4O2/c1-14(2)13-21-20(25)19-12-17(18-6-5-11-23(18)3)22-24(19)15-7-9-16(26-4)10-8-15/h5-12,14H,13H2,1-4H3,(H,21,25). The first-order chi connectivity index (χ1) is 12.5. The molecule has 2 aromatic heterocycles. The van der Waals surface area contributed by atoms with Gasteiger partial charge in [-0.25, -0.2) is 4.68 Å². The zero-order valence-corrected chi connectivity index (χ0v) is 15.6. The van der Waals surface area contributed by atoms with Crippen LogP contribution in [0.4, 0.5) is 0 Å². The van der Waals surface area contributed by atoms with Gasteiger partial charge in [-0.3, -0.25) is 4.79 Å². The van der Waals surface area contributed by atoms with Crippen molar-refractivity contribution in [3.8, 4) is 22.8 Å². The number of amides is 1. The maximum Gasteiger partial charge on any atom is 0.270 e. The number of carbonyl (C=O) groups is 1. The molecular formula is C20H24N4O2. The van der Waals surface area contributed by atoms with Crippen LogP contribution in [0, 0.1) is 5.92 Å². The minimum atomic E-state index is -0.137. The summed E-state index contributed by atoms with van der Waals surface area (Å²) in [7, 11) is 3.58. The third-order valence-corrected chi connectivity index (χ3v) is 4.14. The molecule has 0 aliphatic heterocycles. The van der Waals surface area contributed by atoms with E-state index < -0.39 is 0 Å². The number of hydrogen-bond donors (Lipinski definition) is 1. The fourth-order valence-corrected chi connectivity index (χ4v) is 2.70. The predicted molar refractivity (Wildman–Crippen MR) is 102 cm³/mol. The lowest BCUT2D eigenvalue weighted by molar-refractivity contribution is 0.0941. The normalized spacial score (nSPS) is 11.0. The van der Waals surface area contributed by atoms with E-state index in [1.54, 1.807) is 11.8 Å². The first-order valence-electron chi connectivity index (χ1n) is 8.64. The summed E-state index contributed by atoms with van der Waals surface area (Å²) in [6.07, 6.45) is 1.96. The minimum absolute atomic E-state index is 0.137. The molecule has 0 spiro atoms. The number of aryl methyl sites for hydroxylation is 1. The van der Waals surface area contributed by atoms with Gasteiger partial charge in [-0.2, -0.15) is 5.10 Å². The Morgan fingerprint density at radius 1 is 1.23 bits per heavy atom. The molecule has 2 heterocycles. The molecule has 0 bridgehead atoms. The molecule has 6 nitrogen and oxygen atoms in total. The Morgan fingerprint density at radius 3 is 2.54 bits per heavy atom. The molecule has 136 valence electrons. The average molecular weight is 352 g/mol. The molecule has 3 aromatic rings. The second-order valence-corrected chi connectivity index (χ2v) is 6.63. The Balaban J connectivity index is 2.03. The number of nitrogens with one attached hydrogen (secondary N) is 1. The van der Waals surface area contributed by atoms with Crippen molar-refractivity contribution < 1.29 is 9.53 Å². The summed E-state index contributed by atoms with van der Waals surface area (Å²) in [5.41, 5.74) is 3.02. The molecule has 0 saturated heterocycles. The summed E-state index contributed by atoms with van der Waals surface area (Å²) in [6.45, 7) is 4.75. The van der Waals surface area contributed by atoms with Gasteiger partial charge in [0.25, 0.3) is 5.91 Å². The van der Waals surface area contributed by atoms with Crippen LogP contribution in [0.5, 0.6) is 5.75 Å². The fourth-order valence-electron chi connectivity index (χ4n) is 2.70. The third kappa shape index (κ3) is 3.64. The van der Waals surface area contributed by atoms with Crippen LogP contribution in [0.3, 0.4) is 0 Å². The van der Waals surface area contributed by atoms with E-state index in [-0.39, 0.29) is 5.91 Å². The number of aromatic nitrogens is 3. The molecule has 3 rings (SSSR count). The molecule has 1 N–H and O–H groups in total.